The van der Waals surface area contributed by atoms with Gasteiger partial charge in [-0.05, 0) is 50.8 Å². The van der Waals surface area contributed by atoms with Gasteiger partial charge in [-0.3, -0.25) is 4.79 Å². The Kier molecular flexibility index (Phi) is 5.16. The standard InChI is InChI=1S/C21H29N3O/c1-4-5-14-24-15(2)19(20(16(24)3)21(22)25)17-8-10-18(11-9-17)23-12-6-7-13-23/h8-11H,4-7,12-14H2,1-3H3,(H2,22,25). The minimum atomic E-state index is -0.338. The molecule has 1 aromatic carbocycles. The molecular weight excluding hydrogens is 310 g/mol. The number of amides is 1. The van der Waals surface area contributed by atoms with E-state index in [1.807, 2.05) is 6.92 Å². The van der Waals surface area contributed by atoms with Crippen LogP contribution in [0.25, 0.3) is 11.1 Å². The number of hydrogen-bond acceptors (Lipinski definition) is 2. The molecule has 0 radical (unpaired) electrons. The molecule has 1 aliphatic rings. The number of unbranched alkanes of at least 4 members (excludes halogenated alkanes) is 1. The smallest absolute Gasteiger partial charge is 0.251 e. The summed E-state index contributed by atoms with van der Waals surface area (Å²) in [6.45, 7) is 9.49. The molecule has 1 amide bonds. The van der Waals surface area contributed by atoms with Crippen LogP contribution >= 0.6 is 0 Å². The van der Waals surface area contributed by atoms with Crippen molar-refractivity contribution in [3.05, 3.63) is 41.2 Å². The Morgan fingerprint density at radius 3 is 2.28 bits per heavy atom. The number of aromatic nitrogens is 1. The van der Waals surface area contributed by atoms with Crippen LogP contribution in [0.3, 0.4) is 0 Å². The monoisotopic (exact) mass is 339 g/mol. The predicted molar refractivity (Wildman–Crippen MR) is 104 cm³/mol. The lowest BCUT2D eigenvalue weighted by Gasteiger charge is -2.18. The van der Waals surface area contributed by atoms with Crippen molar-refractivity contribution in [1.29, 1.82) is 0 Å². The topological polar surface area (TPSA) is 51.3 Å². The summed E-state index contributed by atoms with van der Waals surface area (Å²) in [5, 5.41) is 0. The van der Waals surface area contributed by atoms with Crippen LogP contribution in [0.2, 0.25) is 0 Å². The Morgan fingerprint density at radius 1 is 1.08 bits per heavy atom. The van der Waals surface area contributed by atoms with Crippen LogP contribution in [0.1, 0.15) is 54.4 Å². The highest BCUT2D eigenvalue weighted by Crippen LogP contribution is 2.34. The number of nitrogens with two attached hydrogens (primary N) is 1. The normalized spacial score (nSPS) is 14.3. The summed E-state index contributed by atoms with van der Waals surface area (Å²) >= 11 is 0. The first-order valence-corrected chi connectivity index (χ1v) is 9.39. The zero-order valence-electron chi connectivity index (χ0n) is 15.6. The molecule has 1 aliphatic heterocycles. The third-order valence-corrected chi connectivity index (χ3v) is 5.39. The number of hydrogen-bond donors (Lipinski definition) is 1. The number of anilines is 1. The molecule has 0 aliphatic carbocycles. The van der Waals surface area contributed by atoms with Gasteiger partial charge in [0.2, 0.25) is 0 Å². The van der Waals surface area contributed by atoms with E-state index in [1.54, 1.807) is 0 Å². The van der Waals surface area contributed by atoms with Gasteiger partial charge in [-0.15, -0.1) is 0 Å². The number of benzene rings is 1. The summed E-state index contributed by atoms with van der Waals surface area (Å²) in [5.74, 6) is -0.338. The van der Waals surface area contributed by atoms with Crippen molar-refractivity contribution in [2.24, 2.45) is 5.73 Å². The molecular formula is C21H29N3O. The van der Waals surface area contributed by atoms with Crippen LogP contribution in [0.4, 0.5) is 5.69 Å². The highest BCUT2D eigenvalue weighted by atomic mass is 16.1. The first-order valence-electron chi connectivity index (χ1n) is 9.39. The molecule has 0 bridgehead atoms. The van der Waals surface area contributed by atoms with E-state index in [9.17, 15) is 4.79 Å². The van der Waals surface area contributed by atoms with E-state index < -0.39 is 0 Å². The second-order valence-electron chi connectivity index (χ2n) is 7.03. The molecule has 1 aromatic heterocycles. The van der Waals surface area contributed by atoms with Crippen molar-refractivity contribution < 1.29 is 4.79 Å². The molecule has 0 spiro atoms. The molecule has 2 aromatic rings. The first kappa shape index (κ1) is 17.6. The SMILES string of the molecule is CCCCn1c(C)c(C(N)=O)c(-c2ccc(N3CCCC3)cc2)c1C. The molecule has 134 valence electrons. The highest BCUT2D eigenvalue weighted by molar-refractivity contribution is 6.02. The fraction of sp³-hybridized carbons (Fsp3) is 0.476. The Hall–Kier alpha value is -2.23. The van der Waals surface area contributed by atoms with Gasteiger partial charge in [-0.1, -0.05) is 25.5 Å². The van der Waals surface area contributed by atoms with Crippen molar-refractivity contribution in [2.45, 2.75) is 53.0 Å². The summed E-state index contributed by atoms with van der Waals surface area (Å²) in [6, 6.07) is 8.60. The lowest BCUT2D eigenvalue weighted by atomic mass is 9.99. The zero-order chi connectivity index (χ0) is 18.0. The highest BCUT2D eigenvalue weighted by Gasteiger charge is 2.22. The Labute approximate surface area is 150 Å². The van der Waals surface area contributed by atoms with Gasteiger partial charge in [-0.2, -0.15) is 0 Å². The van der Waals surface area contributed by atoms with Gasteiger partial charge in [-0.25, -0.2) is 0 Å². The largest absolute Gasteiger partial charge is 0.372 e. The van der Waals surface area contributed by atoms with Gasteiger partial charge >= 0.3 is 0 Å². The van der Waals surface area contributed by atoms with Crippen molar-refractivity contribution >= 4 is 11.6 Å². The van der Waals surface area contributed by atoms with Gasteiger partial charge in [0.25, 0.3) is 5.91 Å². The fourth-order valence-electron chi connectivity index (χ4n) is 4.00. The quantitative estimate of drug-likeness (QED) is 0.854. The van der Waals surface area contributed by atoms with Gasteiger partial charge in [0, 0.05) is 42.3 Å². The second kappa shape index (κ2) is 7.34. The maximum absolute atomic E-state index is 12.1. The van der Waals surface area contributed by atoms with Crippen molar-refractivity contribution in [3.63, 3.8) is 0 Å². The van der Waals surface area contributed by atoms with E-state index in [-0.39, 0.29) is 5.91 Å². The van der Waals surface area contributed by atoms with E-state index >= 15 is 0 Å². The molecule has 4 heteroatoms. The Bertz CT molecular complexity index is 752. The summed E-state index contributed by atoms with van der Waals surface area (Å²) in [6.07, 6.45) is 4.77. The van der Waals surface area contributed by atoms with E-state index in [4.69, 9.17) is 5.73 Å². The van der Waals surface area contributed by atoms with Crippen molar-refractivity contribution in [1.82, 2.24) is 4.57 Å². The molecule has 1 saturated heterocycles. The molecule has 1 fully saturated rings. The molecule has 0 atom stereocenters. The molecule has 25 heavy (non-hydrogen) atoms. The summed E-state index contributed by atoms with van der Waals surface area (Å²) < 4.78 is 2.24. The molecule has 0 saturated carbocycles. The first-order chi connectivity index (χ1) is 12.0. The van der Waals surface area contributed by atoms with Gasteiger partial charge in [0.1, 0.15) is 0 Å². The van der Waals surface area contributed by atoms with Crippen molar-refractivity contribution in [3.8, 4) is 11.1 Å². The van der Waals surface area contributed by atoms with E-state index in [0.29, 0.717) is 5.56 Å². The Morgan fingerprint density at radius 2 is 1.72 bits per heavy atom. The summed E-state index contributed by atoms with van der Waals surface area (Å²) in [4.78, 5) is 14.6. The average molecular weight is 339 g/mol. The molecule has 0 unspecified atom stereocenters. The Balaban J connectivity index is 2.01. The van der Waals surface area contributed by atoms with Gasteiger partial charge in [0.05, 0.1) is 5.56 Å². The lowest BCUT2D eigenvalue weighted by Crippen LogP contribution is -2.17. The van der Waals surface area contributed by atoms with E-state index in [0.717, 1.165) is 55.0 Å². The van der Waals surface area contributed by atoms with Crippen LogP contribution in [0, 0.1) is 13.8 Å². The number of rotatable bonds is 6. The molecule has 2 N–H and O–H groups in total. The zero-order valence-corrected chi connectivity index (χ0v) is 15.6. The number of carbonyl (C=O) groups is 1. The van der Waals surface area contributed by atoms with E-state index in [2.05, 4.69) is 47.6 Å². The minimum Gasteiger partial charge on any atom is -0.372 e. The van der Waals surface area contributed by atoms with Crippen molar-refractivity contribution in [2.75, 3.05) is 18.0 Å². The van der Waals surface area contributed by atoms with Crippen LogP contribution in [0.5, 0.6) is 0 Å². The van der Waals surface area contributed by atoms with Crippen LogP contribution < -0.4 is 10.6 Å². The van der Waals surface area contributed by atoms with Crippen LogP contribution in [-0.2, 0) is 6.54 Å². The third-order valence-electron chi connectivity index (χ3n) is 5.39. The summed E-state index contributed by atoms with van der Waals surface area (Å²) in [7, 11) is 0. The minimum absolute atomic E-state index is 0.338. The maximum Gasteiger partial charge on any atom is 0.251 e. The second-order valence-corrected chi connectivity index (χ2v) is 7.03. The van der Waals surface area contributed by atoms with E-state index in [1.165, 1.54) is 18.5 Å². The predicted octanol–water partition coefficient (Wildman–Crippen LogP) is 4.27. The van der Waals surface area contributed by atoms with Crippen LogP contribution in [0.15, 0.2) is 24.3 Å². The molecule has 3 rings (SSSR count). The third kappa shape index (κ3) is 3.30. The van der Waals surface area contributed by atoms with Gasteiger partial charge in [0.15, 0.2) is 0 Å². The molecule has 2 heterocycles. The fourth-order valence-corrected chi connectivity index (χ4v) is 4.00. The summed E-state index contributed by atoms with van der Waals surface area (Å²) in [5.41, 5.74) is 11.9. The molecule has 4 nitrogen and oxygen atoms in total. The van der Waals surface area contributed by atoms with Gasteiger partial charge < -0.3 is 15.2 Å². The number of nitrogens with zero attached hydrogens (tertiary/aromatic N) is 2. The number of carbonyl (C=O) groups excluding carboxylic acids is 1. The lowest BCUT2D eigenvalue weighted by molar-refractivity contribution is 0.1000. The average Bonchev–Trinajstić information content (AvgIpc) is 3.21. The maximum atomic E-state index is 12.1. The van der Waals surface area contributed by atoms with Crippen LogP contribution in [-0.4, -0.2) is 23.6 Å². The number of primary amides is 1.